The van der Waals surface area contributed by atoms with Gasteiger partial charge in [0.15, 0.2) is 0 Å². The molecule has 0 radical (unpaired) electrons. The van der Waals surface area contributed by atoms with Crippen LogP contribution in [0.25, 0.3) is 0 Å². The van der Waals surface area contributed by atoms with Gasteiger partial charge in [-0.25, -0.2) is 4.79 Å². The Hall–Kier alpha value is -1.10. The minimum absolute atomic E-state index is 0.180. The number of nitrogens with one attached hydrogen (secondary N) is 1. The van der Waals surface area contributed by atoms with Crippen molar-refractivity contribution in [2.45, 2.75) is 39.7 Å². The molecule has 2 N–H and O–H groups in total. The molecule has 0 fully saturated rings. The molecule has 0 aromatic carbocycles. The van der Waals surface area contributed by atoms with E-state index in [0.29, 0.717) is 13.2 Å². The molecular weight excluding hydrogens is 210 g/mol. The Kier molecular flexibility index (Phi) is 6.03. The zero-order valence-corrected chi connectivity index (χ0v) is 10.4. The third kappa shape index (κ3) is 4.18. The van der Waals surface area contributed by atoms with E-state index in [9.17, 15) is 9.59 Å². The minimum Gasteiger partial charge on any atom is -0.480 e. The van der Waals surface area contributed by atoms with Crippen molar-refractivity contribution in [1.29, 1.82) is 0 Å². The minimum atomic E-state index is -1.22. The number of carbonyl (C=O) groups is 2. The van der Waals surface area contributed by atoms with Crippen LogP contribution >= 0.6 is 0 Å². The van der Waals surface area contributed by atoms with Crippen LogP contribution in [0.15, 0.2) is 0 Å². The summed E-state index contributed by atoms with van der Waals surface area (Å²) in [6.07, 6.45) is 0.184. The maximum atomic E-state index is 11.5. The summed E-state index contributed by atoms with van der Waals surface area (Å²) in [5, 5.41) is 11.6. The SMILES string of the molecule is CCOCCC(=O)NC(C)(C(=O)O)C(C)C. The Morgan fingerprint density at radius 2 is 2.00 bits per heavy atom. The summed E-state index contributed by atoms with van der Waals surface area (Å²) < 4.78 is 5.03. The molecule has 0 heterocycles. The summed E-state index contributed by atoms with van der Waals surface area (Å²) in [6, 6.07) is 0. The summed E-state index contributed by atoms with van der Waals surface area (Å²) in [4.78, 5) is 22.6. The zero-order chi connectivity index (χ0) is 12.8. The highest BCUT2D eigenvalue weighted by Crippen LogP contribution is 2.16. The third-order valence-corrected chi connectivity index (χ3v) is 2.68. The Bertz CT molecular complexity index is 252. The number of hydrogen-bond donors (Lipinski definition) is 2. The molecule has 5 nitrogen and oxygen atoms in total. The fraction of sp³-hybridized carbons (Fsp3) is 0.818. The van der Waals surface area contributed by atoms with Gasteiger partial charge in [0, 0.05) is 13.0 Å². The lowest BCUT2D eigenvalue weighted by Gasteiger charge is -2.30. The molecule has 0 aliphatic rings. The van der Waals surface area contributed by atoms with Gasteiger partial charge in [-0.05, 0) is 19.8 Å². The molecular formula is C11H21NO4. The lowest BCUT2D eigenvalue weighted by atomic mass is 9.88. The maximum absolute atomic E-state index is 11.5. The Balaban J connectivity index is 4.31. The van der Waals surface area contributed by atoms with Crippen LogP contribution in [0, 0.1) is 5.92 Å². The summed E-state index contributed by atoms with van der Waals surface area (Å²) in [5.74, 6) is -1.50. The number of amides is 1. The van der Waals surface area contributed by atoms with E-state index >= 15 is 0 Å². The molecule has 0 aromatic rings. The second-order valence-corrected chi connectivity index (χ2v) is 4.16. The molecule has 0 saturated heterocycles. The van der Waals surface area contributed by atoms with Crippen molar-refractivity contribution in [2.75, 3.05) is 13.2 Å². The first-order chi connectivity index (χ1) is 7.34. The predicted octanol–water partition coefficient (Wildman–Crippen LogP) is 1.03. The molecule has 0 bridgehead atoms. The number of hydrogen-bond acceptors (Lipinski definition) is 3. The molecule has 1 atom stereocenters. The largest absolute Gasteiger partial charge is 0.480 e. The van der Waals surface area contributed by atoms with Crippen molar-refractivity contribution >= 4 is 11.9 Å². The van der Waals surface area contributed by atoms with Gasteiger partial charge in [0.2, 0.25) is 5.91 Å². The van der Waals surface area contributed by atoms with Crippen LogP contribution in [0.5, 0.6) is 0 Å². The van der Waals surface area contributed by atoms with E-state index in [2.05, 4.69) is 5.32 Å². The van der Waals surface area contributed by atoms with Gasteiger partial charge in [-0.15, -0.1) is 0 Å². The fourth-order valence-corrected chi connectivity index (χ4v) is 1.11. The van der Waals surface area contributed by atoms with Crippen LogP contribution in [0.3, 0.4) is 0 Å². The predicted molar refractivity (Wildman–Crippen MR) is 60.1 cm³/mol. The van der Waals surface area contributed by atoms with Gasteiger partial charge < -0.3 is 15.2 Å². The van der Waals surface area contributed by atoms with E-state index in [4.69, 9.17) is 9.84 Å². The van der Waals surface area contributed by atoms with Gasteiger partial charge in [-0.1, -0.05) is 13.8 Å². The number of rotatable bonds is 7. The van der Waals surface area contributed by atoms with Gasteiger partial charge >= 0.3 is 5.97 Å². The van der Waals surface area contributed by atoms with Crippen LogP contribution in [-0.4, -0.2) is 35.7 Å². The molecule has 0 saturated carbocycles. The molecule has 5 heteroatoms. The van der Waals surface area contributed by atoms with Crippen molar-refractivity contribution in [3.05, 3.63) is 0 Å². The molecule has 0 rings (SSSR count). The number of carboxylic acids is 1. The van der Waals surface area contributed by atoms with Crippen LogP contribution < -0.4 is 5.32 Å². The first-order valence-electron chi connectivity index (χ1n) is 5.46. The molecule has 16 heavy (non-hydrogen) atoms. The smallest absolute Gasteiger partial charge is 0.329 e. The fourth-order valence-electron chi connectivity index (χ4n) is 1.11. The van der Waals surface area contributed by atoms with Crippen molar-refractivity contribution in [3.63, 3.8) is 0 Å². The molecule has 1 unspecified atom stereocenters. The van der Waals surface area contributed by atoms with E-state index in [1.807, 2.05) is 6.92 Å². The van der Waals surface area contributed by atoms with Gasteiger partial charge in [0.1, 0.15) is 5.54 Å². The van der Waals surface area contributed by atoms with E-state index < -0.39 is 11.5 Å². The Morgan fingerprint density at radius 3 is 2.38 bits per heavy atom. The lowest BCUT2D eigenvalue weighted by molar-refractivity contribution is -0.149. The van der Waals surface area contributed by atoms with Crippen LogP contribution in [0.2, 0.25) is 0 Å². The molecule has 0 aliphatic carbocycles. The van der Waals surface area contributed by atoms with Crippen molar-refractivity contribution in [3.8, 4) is 0 Å². The zero-order valence-electron chi connectivity index (χ0n) is 10.4. The highest BCUT2D eigenvalue weighted by molar-refractivity contribution is 5.86. The first-order valence-corrected chi connectivity index (χ1v) is 5.46. The average molecular weight is 231 g/mol. The van der Waals surface area contributed by atoms with E-state index in [0.717, 1.165) is 0 Å². The van der Waals surface area contributed by atoms with Crippen LogP contribution in [0.1, 0.15) is 34.1 Å². The highest BCUT2D eigenvalue weighted by atomic mass is 16.5. The Labute approximate surface area is 96.2 Å². The normalized spacial score (nSPS) is 14.6. The van der Waals surface area contributed by atoms with Gasteiger partial charge in [-0.3, -0.25) is 4.79 Å². The first kappa shape index (κ1) is 14.9. The third-order valence-electron chi connectivity index (χ3n) is 2.68. The average Bonchev–Trinajstić information content (AvgIpc) is 2.17. The topological polar surface area (TPSA) is 75.6 Å². The molecule has 0 aromatic heterocycles. The molecule has 1 amide bonds. The number of aliphatic carboxylic acids is 1. The quantitative estimate of drug-likeness (QED) is 0.642. The van der Waals surface area contributed by atoms with Crippen molar-refractivity contribution < 1.29 is 19.4 Å². The second-order valence-electron chi connectivity index (χ2n) is 4.16. The van der Waals surface area contributed by atoms with Crippen molar-refractivity contribution in [2.24, 2.45) is 5.92 Å². The van der Waals surface area contributed by atoms with Crippen LogP contribution in [-0.2, 0) is 14.3 Å². The molecule has 0 aliphatic heterocycles. The summed E-state index contributed by atoms with van der Waals surface area (Å²) in [6.45, 7) is 7.74. The monoisotopic (exact) mass is 231 g/mol. The van der Waals surface area contributed by atoms with Crippen LogP contribution in [0.4, 0.5) is 0 Å². The van der Waals surface area contributed by atoms with E-state index in [1.54, 1.807) is 13.8 Å². The Morgan fingerprint density at radius 1 is 1.44 bits per heavy atom. The maximum Gasteiger partial charge on any atom is 0.329 e. The summed E-state index contributed by atoms with van der Waals surface area (Å²) in [5.41, 5.74) is -1.22. The number of carboxylic acid groups (broad SMARTS) is 1. The number of ether oxygens (including phenoxy) is 1. The highest BCUT2D eigenvalue weighted by Gasteiger charge is 2.37. The molecule has 94 valence electrons. The summed E-state index contributed by atoms with van der Waals surface area (Å²) in [7, 11) is 0. The van der Waals surface area contributed by atoms with E-state index in [-0.39, 0.29) is 18.2 Å². The van der Waals surface area contributed by atoms with Gasteiger partial charge in [-0.2, -0.15) is 0 Å². The summed E-state index contributed by atoms with van der Waals surface area (Å²) >= 11 is 0. The lowest BCUT2D eigenvalue weighted by Crippen LogP contribution is -2.56. The number of carbonyl (C=O) groups excluding carboxylic acids is 1. The molecule has 0 spiro atoms. The van der Waals surface area contributed by atoms with Gasteiger partial charge in [0.25, 0.3) is 0 Å². The standard InChI is InChI=1S/C11H21NO4/c1-5-16-7-6-9(13)12-11(4,8(2)3)10(14)15/h8H,5-7H2,1-4H3,(H,12,13)(H,14,15). The van der Waals surface area contributed by atoms with Gasteiger partial charge in [0.05, 0.1) is 6.61 Å². The van der Waals surface area contributed by atoms with Crippen molar-refractivity contribution in [1.82, 2.24) is 5.32 Å². The second kappa shape index (κ2) is 6.48. The van der Waals surface area contributed by atoms with E-state index in [1.165, 1.54) is 6.92 Å².